The lowest BCUT2D eigenvalue weighted by Gasteiger charge is -2.36. The number of hydrogen-bond donors (Lipinski definition) is 1. The van der Waals surface area contributed by atoms with Crippen LogP contribution in [0.15, 0.2) is 29.4 Å². The average molecular weight is 353 g/mol. The van der Waals surface area contributed by atoms with Crippen molar-refractivity contribution in [2.75, 3.05) is 46.5 Å². The van der Waals surface area contributed by atoms with Gasteiger partial charge >= 0.3 is 0 Å². The topological polar surface area (TPSA) is 63.7 Å². The summed E-state index contributed by atoms with van der Waals surface area (Å²) in [4.78, 5) is 18.4. The minimum absolute atomic E-state index is 0.0967. The normalized spacial score (nSPS) is 18.1. The molecule has 1 aliphatic rings. The minimum Gasteiger partial charge on any atom is -0.379 e. The van der Waals surface area contributed by atoms with E-state index in [-0.39, 0.29) is 5.91 Å². The summed E-state index contributed by atoms with van der Waals surface area (Å²) in [5.74, 6) is -0.0967. The van der Waals surface area contributed by atoms with Crippen LogP contribution in [0.25, 0.3) is 0 Å². The van der Waals surface area contributed by atoms with Crippen LogP contribution in [-0.4, -0.2) is 67.2 Å². The van der Waals surface area contributed by atoms with Gasteiger partial charge in [0.05, 0.1) is 18.2 Å². The fraction of sp³-hybridized carbons (Fsp3) is 0.647. The number of pyridine rings is 1. The predicted octanol–water partition coefficient (Wildman–Crippen LogP) is 1.76. The molecular formula is C17H27N3O3S. The van der Waals surface area contributed by atoms with E-state index >= 15 is 0 Å². The van der Waals surface area contributed by atoms with Gasteiger partial charge in [-0.2, -0.15) is 0 Å². The largest absolute Gasteiger partial charge is 0.379 e. The van der Waals surface area contributed by atoms with Crippen LogP contribution in [0.5, 0.6) is 0 Å². The molecule has 0 bridgehead atoms. The molecule has 1 aliphatic heterocycles. The first-order valence-electron chi connectivity index (χ1n) is 8.44. The van der Waals surface area contributed by atoms with E-state index in [4.69, 9.17) is 9.47 Å². The predicted molar refractivity (Wildman–Crippen MR) is 95.0 cm³/mol. The lowest BCUT2D eigenvalue weighted by Crippen LogP contribution is -2.55. The molecule has 1 aromatic heterocycles. The second kappa shape index (κ2) is 9.98. The molecule has 1 saturated heterocycles. The molecule has 0 aliphatic carbocycles. The molecule has 0 saturated carbocycles. The second-order valence-corrected chi connectivity index (χ2v) is 7.01. The number of thioether (sulfide) groups is 1. The van der Waals surface area contributed by atoms with E-state index in [0.29, 0.717) is 26.3 Å². The maximum absolute atomic E-state index is 12.9. The van der Waals surface area contributed by atoms with Crippen molar-refractivity contribution in [2.24, 2.45) is 0 Å². The highest BCUT2D eigenvalue weighted by Crippen LogP contribution is 2.34. The molecule has 1 N–H and O–H groups in total. The molecule has 1 atom stereocenters. The molecule has 2 heterocycles. The number of ether oxygens (including phenoxy) is 2. The van der Waals surface area contributed by atoms with E-state index in [2.05, 4.69) is 22.1 Å². The lowest BCUT2D eigenvalue weighted by atomic mass is 10.2. The summed E-state index contributed by atoms with van der Waals surface area (Å²) in [6, 6.07) is 5.68. The van der Waals surface area contributed by atoms with Crippen molar-refractivity contribution in [1.29, 1.82) is 0 Å². The maximum Gasteiger partial charge on any atom is 0.264 e. The molecular weight excluding hydrogens is 326 g/mol. The minimum atomic E-state index is -1.01. The highest BCUT2D eigenvalue weighted by molar-refractivity contribution is 8.01. The summed E-state index contributed by atoms with van der Waals surface area (Å²) < 4.78 is 11.2. The lowest BCUT2D eigenvalue weighted by molar-refractivity contribution is -0.136. The number of amides is 1. The fourth-order valence-corrected chi connectivity index (χ4v) is 3.59. The zero-order valence-corrected chi connectivity index (χ0v) is 15.3. The van der Waals surface area contributed by atoms with E-state index in [1.54, 1.807) is 13.3 Å². The zero-order valence-electron chi connectivity index (χ0n) is 14.5. The summed E-state index contributed by atoms with van der Waals surface area (Å²) in [7, 11) is 1.59. The number of nitrogens with zero attached hydrogens (tertiary/aromatic N) is 2. The van der Waals surface area contributed by atoms with E-state index in [1.165, 1.54) is 11.8 Å². The third-order valence-electron chi connectivity index (χ3n) is 3.93. The van der Waals surface area contributed by atoms with Crippen molar-refractivity contribution in [3.05, 3.63) is 24.4 Å². The van der Waals surface area contributed by atoms with E-state index in [9.17, 15) is 4.79 Å². The number of rotatable bonds is 9. The standard InChI is InChI=1S/C17H27N3O3S/c1-3-4-8-19-16(21)17(22-2,14-20-10-12-23-13-11-20)24-15-7-5-6-9-18-15/h5-7,9H,3-4,8,10-14H2,1-2H3,(H,19,21). The van der Waals surface area contributed by atoms with Crippen molar-refractivity contribution in [2.45, 2.75) is 29.7 Å². The monoisotopic (exact) mass is 353 g/mol. The van der Waals surface area contributed by atoms with E-state index in [1.807, 2.05) is 18.2 Å². The molecule has 2 rings (SSSR count). The molecule has 0 aromatic carbocycles. The molecule has 1 aromatic rings. The van der Waals surface area contributed by atoms with Crippen molar-refractivity contribution in [3.63, 3.8) is 0 Å². The average Bonchev–Trinajstić information content (AvgIpc) is 2.63. The van der Waals surface area contributed by atoms with Gasteiger partial charge in [-0.15, -0.1) is 0 Å². The number of hydrogen-bond acceptors (Lipinski definition) is 6. The van der Waals surface area contributed by atoms with Crippen LogP contribution in [0, 0.1) is 0 Å². The summed E-state index contributed by atoms with van der Waals surface area (Å²) >= 11 is 1.37. The number of unbranched alkanes of at least 4 members (excludes halogenated alkanes) is 1. The molecule has 1 amide bonds. The Balaban J connectivity index is 2.14. The van der Waals surface area contributed by atoms with Gasteiger partial charge in [-0.1, -0.05) is 31.2 Å². The van der Waals surface area contributed by atoms with Crippen molar-refractivity contribution in [1.82, 2.24) is 15.2 Å². The number of carbonyl (C=O) groups is 1. The summed E-state index contributed by atoms with van der Waals surface area (Å²) in [6.45, 7) is 6.24. The van der Waals surface area contributed by atoms with Gasteiger partial charge in [0, 0.05) is 39.5 Å². The first-order chi connectivity index (χ1) is 11.7. The van der Waals surface area contributed by atoms with Crippen LogP contribution in [0.2, 0.25) is 0 Å². The Kier molecular flexibility index (Phi) is 7.98. The Morgan fingerprint density at radius 3 is 2.88 bits per heavy atom. The highest BCUT2D eigenvalue weighted by atomic mass is 32.2. The third-order valence-corrected chi connectivity index (χ3v) is 5.20. The third kappa shape index (κ3) is 5.44. The van der Waals surface area contributed by atoms with Crippen LogP contribution in [0.4, 0.5) is 0 Å². The number of aromatic nitrogens is 1. The maximum atomic E-state index is 12.9. The molecule has 6 nitrogen and oxygen atoms in total. The summed E-state index contributed by atoms with van der Waals surface area (Å²) in [6.07, 6.45) is 3.72. The number of carbonyl (C=O) groups excluding carboxylic acids is 1. The van der Waals surface area contributed by atoms with E-state index in [0.717, 1.165) is 31.0 Å². The van der Waals surface area contributed by atoms with E-state index < -0.39 is 4.93 Å². The molecule has 134 valence electrons. The Morgan fingerprint density at radius 2 is 2.25 bits per heavy atom. The van der Waals surface area contributed by atoms with Crippen LogP contribution < -0.4 is 5.32 Å². The van der Waals surface area contributed by atoms with Crippen LogP contribution >= 0.6 is 11.8 Å². The second-order valence-electron chi connectivity index (χ2n) is 5.73. The van der Waals surface area contributed by atoms with Gasteiger partial charge in [0.1, 0.15) is 0 Å². The number of methoxy groups -OCH3 is 1. The van der Waals surface area contributed by atoms with Gasteiger partial charge in [-0.05, 0) is 18.6 Å². The van der Waals surface area contributed by atoms with Crippen molar-refractivity contribution >= 4 is 17.7 Å². The van der Waals surface area contributed by atoms with Crippen molar-refractivity contribution < 1.29 is 14.3 Å². The van der Waals surface area contributed by atoms with Gasteiger partial charge in [-0.25, -0.2) is 4.98 Å². The number of nitrogens with one attached hydrogen (secondary N) is 1. The zero-order chi connectivity index (χ0) is 17.3. The smallest absolute Gasteiger partial charge is 0.264 e. The van der Waals surface area contributed by atoms with Crippen LogP contribution in [0.1, 0.15) is 19.8 Å². The fourth-order valence-electron chi connectivity index (χ4n) is 2.49. The van der Waals surface area contributed by atoms with Crippen LogP contribution in [-0.2, 0) is 14.3 Å². The molecule has 1 fully saturated rings. The summed E-state index contributed by atoms with van der Waals surface area (Å²) in [5, 5.41) is 3.79. The molecule has 0 radical (unpaired) electrons. The summed E-state index contributed by atoms with van der Waals surface area (Å²) in [5.41, 5.74) is 0. The quantitative estimate of drug-likeness (QED) is 0.415. The van der Waals surface area contributed by atoms with Crippen LogP contribution in [0.3, 0.4) is 0 Å². The van der Waals surface area contributed by atoms with Gasteiger partial charge in [0.2, 0.25) is 4.93 Å². The van der Waals surface area contributed by atoms with Gasteiger partial charge in [0.25, 0.3) is 5.91 Å². The SMILES string of the molecule is CCCCNC(=O)C(CN1CCOCC1)(OC)Sc1ccccn1. The van der Waals surface area contributed by atoms with Gasteiger partial charge < -0.3 is 14.8 Å². The first kappa shape index (κ1) is 19.2. The van der Waals surface area contributed by atoms with Gasteiger partial charge in [-0.3, -0.25) is 9.69 Å². The highest BCUT2D eigenvalue weighted by Gasteiger charge is 2.42. The van der Waals surface area contributed by atoms with Crippen molar-refractivity contribution in [3.8, 4) is 0 Å². The Hall–Kier alpha value is -1.15. The Labute approximate surface area is 148 Å². The molecule has 7 heteroatoms. The first-order valence-corrected chi connectivity index (χ1v) is 9.25. The Morgan fingerprint density at radius 1 is 1.46 bits per heavy atom. The molecule has 1 unspecified atom stereocenters. The molecule has 0 spiro atoms. The molecule has 24 heavy (non-hydrogen) atoms. The number of morpholine rings is 1. The van der Waals surface area contributed by atoms with Gasteiger partial charge in [0.15, 0.2) is 0 Å². The Bertz CT molecular complexity index is 497.